The summed E-state index contributed by atoms with van der Waals surface area (Å²) in [7, 11) is 3.10. The molecule has 3 heterocycles. The number of halogens is 2. The van der Waals surface area contributed by atoms with Gasteiger partial charge >= 0.3 is 0 Å². The minimum atomic E-state index is -0.139. The highest BCUT2D eigenvalue weighted by molar-refractivity contribution is 6.37. The Balaban J connectivity index is 0.966. The third kappa shape index (κ3) is 7.79. The predicted octanol–water partition coefficient (Wildman–Crippen LogP) is 6.29. The normalized spacial score (nSPS) is 19.5. The van der Waals surface area contributed by atoms with Crippen molar-refractivity contribution in [3.63, 3.8) is 0 Å². The van der Waals surface area contributed by atoms with Gasteiger partial charge in [-0.3, -0.25) is 19.5 Å². The van der Waals surface area contributed by atoms with Crippen LogP contribution in [0.15, 0.2) is 42.6 Å². The number of hydrogen-bond acceptors (Lipinski definition) is 10. The highest BCUT2D eigenvalue weighted by atomic mass is 35.5. The van der Waals surface area contributed by atoms with Crippen molar-refractivity contribution in [2.24, 2.45) is 11.8 Å². The minimum Gasteiger partial charge on any atom is -0.495 e. The number of nitrogens with zero attached hydrogens (tertiary/aromatic N) is 5. The molecule has 6 rings (SSSR count). The number of fused-ring (bicyclic) bond motifs is 2. The average Bonchev–Trinajstić information content (AvgIpc) is 3.38. The Morgan fingerprint density at radius 2 is 1.48 bits per heavy atom. The molecule has 2 saturated heterocycles. The van der Waals surface area contributed by atoms with E-state index in [0.717, 1.165) is 58.5 Å². The molecule has 13 heteroatoms. The number of rotatable bonds is 14. The molecule has 11 nitrogen and oxygen atoms in total. The summed E-state index contributed by atoms with van der Waals surface area (Å²) in [4.78, 5) is 36.3. The van der Waals surface area contributed by atoms with Crippen molar-refractivity contribution in [1.29, 1.82) is 5.26 Å². The number of amides is 2. The largest absolute Gasteiger partial charge is 0.495 e. The highest BCUT2D eigenvalue weighted by Gasteiger charge is 2.46. The summed E-state index contributed by atoms with van der Waals surface area (Å²) >= 11 is 12.7. The maximum absolute atomic E-state index is 12.7. The van der Waals surface area contributed by atoms with Crippen LogP contribution < -0.4 is 19.5 Å². The summed E-state index contributed by atoms with van der Waals surface area (Å²) in [6.45, 7) is 6.92. The quantitative estimate of drug-likeness (QED) is 0.116. The molecular formula is C37H42Cl2N6O5. The van der Waals surface area contributed by atoms with Gasteiger partial charge in [-0.1, -0.05) is 35.4 Å². The number of ether oxygens (including phenoxy) is 3. The van der Waals surface area contributed by atoms with Gasteiger partial charge in [0.25, 0.3) is 0 Å². The Morgan fingerprint density at radius 3 is 2.12 bits per heavy atom. The number of likely N-dealkylation sites (tertiary alicyclic amines) is 1. The number of nitriles is 1. The van der Waals surface area contributed by atoms with Crippen LogP contribution in [-0.4, -0.2) is 98.1 Å². The number of hydrogen-bond donors (Lipinski definition) is 1. The number of methoxy groups -OCH3 is 2. The molecule has 0 radical (unpaired) electrons. The summed E-state index contributed by atoms with van der Waals surface area (Å²) in [6.07, 6.45) is 9.63. The summed E-state index contributed by atoms with van der Waals surface area (Å²) in [6, 6.07) is 9.10. The third-order valence-corrected chi connectivity index (χ3v) is 10.4. The summed E-state index contributed by atoms with van der Waals surface area (Å²) in [5, 5.41) is 14.5. The second-order valence-electron chi connectivity index (χ2n) is 12.8. The fourth-order valence-corrected chi connectivity index (χ4v) is 7.52. The van der Waals surface area contributed by atoms with E-state index in [-0.39, 0.29) is 23.7 Å². The van der Waals surface area contributed by atoms with E-state index in [2.05, 4.69) is 26.2 Å². The third-order valence-electron chi connectivity index (χ3n) is 9.82. The van der Waals surface area contributed by atoms with Gasteiger partial charge in [0.05, 0.1) is 65.2 Å². The number of allylic oxidation sites excluding steroid dienone is 2. The number of carbonyl (C=O) groups is 2. The monoisotopic (exact) mass is 720 g/mol. The number of benzene rings is 2. The topological polar surface area (TPSA) is 120 Å². The van der Waals surface area contributed by atoms with Crippen LogP contribution in [0.1, 0.15) is 37.7 Å². The number of piperazine rings is 1. The molecule has 2 atom stereocenters. The minimum absolute atomic E-state index is 0.0240. The van der Waals surface area contributed by atoms with Crippen molar-refractivity contribution in [2.75, 3.05) is 72.0 Å². The fraction of sp³-hybridized carbons (Fsp3) is 0.459. The number of carbonyl (C=O) groups excluding carboxylic acids is 2. The van der Waals surface area contributed by atoms with E-state index in [1.54, 1.807) is 19.2 Å². The zero-order valence-corrected chi connectivity index (χ0v) is 29.9. The second-order valence-corrected chi connectivity index (χ2v) is 13.7. The second kappa shape index (κ2) is 16.3. The van der Waals surface area contributed by atoms with E-state index in [1.807, 2.05) is 24.3 Å². The van der Waals surface area contributed by atoms with E-state index >= 15 is 0 Å². The van der Waals surface area contributed by atoms with E-state index in [1.165, 1.54) is 18.2 Å². The SMILES string of the molecule is COc1cc(Nc2c(C#N)cnc3cc(OCCCN4CCN(CCCCN5C(=O)[C@H]6CC=CC[C@H]6C5=O)CC4)c(OC)cc23)c(Cl)cc1Cl. The van der Waals surface area contributed by atoms with Crippen LogP contribution in [0.25, 0.3) is 10.9 Å². The van der Waals surface area contributed by atoms with Crippen LogP contribution in [-0.2, 0) is 9.59 Å². The lowest BCUT2D eigenvalue weighted by atomic mass is 9.85. The number of pyridine rings is 1. The van der Waals surface area contributed by atoms with Gasteiger partial charge < -0.3 is 29.3 Å². The molecule has 0 saturated carbocycles. The van der Waals surface area contributed by atoms with Gasteiger partial charge in [0.2, 0.25) is 11.8 Å². The molecule has 2 fully saturated rings. The molecule has 0 unspecified atom stereocenters. The summed E-state index contributed by atoms with van der Waals surface area (Å²) in [5.41, 5.74) is 2.02. The first-order chi connectivity index (χ1) is 24.3. The molecule has 0 spiro atoms. The van der Waals surface area contributed by atoms with Gasteiger partial charge in [0.15, 0.2) is 11.5 Å². The van der Waals surface area contributed by atoms with Crippen molar-refractivity contribution in [3.05, 3.63) is 58.2 Å². The molecule has 2 aromatic carbocycles. The lowest BCUT2D eigenvalue weighted by Crippen LogP contribution is -2.47. The highest BCUT2D eigenvalue weighted by Crippen LogP contribution is 2.40. The molecule has 3 aliphatic rings. The van der Waals surface area contributed by atoms with Gasteiger partial charge in [-0.2, -0.15) is 5.26 Å². The van der Waals surface area contributed by atoms with Crippen molar-refractivity contribution in [2.45, 2.75) is 32.1 Å². The molecule has 264 valence electrons. The first kappa shape index (κ1) is 35.7. The van der Waals surface area contributed by atoms with Gasteiger partial charge in [-0.15, -0.1) is 0 Å². The van der Waals surface area contributed by atoms with Crippen LogP contribution in [0, 0.1) is 23.2 Å². The fourth-order valence-electron chi connectivity index (χ4n) is 7.01. The molecular weight excluding hydrogens is 679 g/mol. The summed E-state index contributed by atoms with van der Waals surface area (Å²) < 4.78 is 17.2. The standard InChI is InChI=1S/C37H42Cl2N6O5/c1-48-32-21-31(28(38)19-29(32)39)42-35-24(22-40)23-41-30-20-34(33(49-2)18-27(30)35)50-17-7-11-44-15-13-43(14-16-44)10-5-6-12-45-36(46)25-8-3-4-9-26(25)37(45)47/h3-4,18-21,23,25-26H,5-17H2,1-2H3,(H,41,42)/t25-,26+. The Kier molecular flexibility index (Phi) is 11.6. The van der Waals surface area contributed by atoms with Gasteiger partial charge in [0, 0.05) is 63.0 Å². The average molecular weight is 722 g/mol. The Morgan fingerprint density at radius 1 is 0.840 bits per heavy atom. The Hall–Kier alpha value is -4.08. The first-order valence-corrected chi connectivity index (χ1v) is 17.9. The van der Waals surface area contributed by atoms with Gasteiger partial charge in [-0.05, 0) is 50.8 Å². The molecule has 1 aromatic heterocycles. The van der Waals surface area contributed by atoms with E-state index in [4.69, 9.17) is 37.4 Å². The predicted molar refractivity (Wildman–Crippen MR) is 194 cm³/mol. The van der Waals surface area contributed by atoms with Crippen molar-refractivity contribution < 1.29 is 23.8 Å². The Bertz CT molecular complexity index is 1780. The number of aromatic nitrogens is 1. The lowest BCUT2D eigenvalue weighted by molar-refractivity contribution is -0.139. The number of nitrogens with one attached hydrogen (secondary N) is 1. The van der Waals surface area contributed by atoms with Crippen LogP contribution in [0.2, 0.25) is 10.0 Å². The van der Waals surface area contributed by atoms with E-state index < -0.39 is 0 Å². The van der Waals surface area contributed by atoms with Gasteiger partial charge in [0.1, 0.15) is 11.8 Å². The van der Waals surface area contributed by atoms with Crippen LogP contribution >= 0.6 is 23.2 Å². The summed E-state index contributed by atoms with van der Waals surface area (Å²) in [5.74, 6) is 1.32. The number of anilines is 2. The first-order valence-electron chi connectivity index (χ1n) is 17.1. The van der Waals surface area contributed by atoms with Crippen LogP contribution in [0.3, 0.4) is 0 Å². The van der Waals surface area contributed by atoms with Crippen molar-refractivity contribution >= 4 is 57.3 Å². The number of unbranched alkanes of at least 4 members (excludes halogenated alkanes) is 1. The van der Waals surface area contributed by atoms with E-state index in [9.17, 15) is 14.9 Å². The lowest BCUT2D eigenvalue weighted by Gasteiger charge is -2.34. The molecule has 1 N–H and O–H groups in total. The maximum atomic E-state index is 12.7. The number of imide groups is 1. The zero-order valence-electron chi connectivity index (χ0n) is 28.4. The molecule has 2 amide bonds. The molecule has 50 heavy (non-hydrogen) atoms. The molecule has 2 aliphatic heterocycles. The smallest absolute Gasteiger partial charge is 0.233 e. The van der Waals surface area contributed by atoms with Crippen LogP contribution in [0.5, 0.6) is 17.2 Å². The molecule has 3 aromatic rings. The van der Waals surface area contributed by atoms with Crippen molar-refractivity contribution in [3.8, 4) is 23.3 Å². The maximum Gasteiger partial charge on any atom is 0.233 e. The Labute approximate surface area is 302 Å². The molecule has 1 aliphatic carbocycles. The zero-order chi connectivity index (χ0) is 35.2. The van der Waals surface area contributed by atoms with Crippen LogP contribution in [0.4, 0.5) is 11.4 Å². The molecule has 0 bridgehead atoms. The van der Waals surface area contributed by atoms with Crippen molar-refractivity contribution in [1.82, 2.24) is 19.7 Å². The van der Waals surface area contributed by atoms with Gasteiger partial charge in [-0.25, -0.2) is 0 Å². The van der Waals surface area contributed by atoms with E-state index in [0.29, 0.717) is 81.1 Å².